The fourth-order valence-corrected chi connectivity index (χ4v) is 3.48. The second-order valence-corrected chi connectivity index (χ2v) is 8.13. The minimum absolute atomic E-state index is 0.0999. The molecule has 0 aliphatic heterocycles. The molecule has 0 unspecified atom stereocenters. The van der Waals surface area contributed by atoms with Crippen molar-refractivity contribution in [3.05, 3.63) is 88.4 Å². The Labute approximate surface area is 179 Å². The third-order valence-corrected chi connectivity index (χ3v) is 5.52. The molecule has 3 aromatic carbocycles. The van der Waals surface area contributed by atoms with Crippen molar-refractivity contribution in [3.8, 4) is 0 Å². The molecule has 0 aliphatic carbocycles. The molecule has 3 aromatic rings. The second-order valence-electron chi connectivity index (χ2n) is 6.64. The summed E-state index contributed by atoms with van der Waals surface area (Å²) >= 11 is 7.41. The van der Waals surface area contributed by atoms with E-state index in [4.69, 9.17) is 11.6 Å². The quantitative estimate of drug-likeness (QED) is 0.481. The van der Waals surface area contributed by atoms with Crippen LogP contribution in [0.1, 0.15) is 21.5 Å². The number of anilines is 2. The van der Waals surface area contributed by atoms with Gasteiger partial charge in [0.05, 0.1) is 5.75 Å². The largest absolute Gasteiger partial charge is 0.325 e. The number of hydrogen-bond donors (Lipinski definition) is 2. The average molecular weight is 425 g/mol. The highest BCUT2D eigenvalue weighted by Crippen LogP contribution is 2.23. The van der Waals surface area contributed by atoms with Crippen molar-refractivity contribution in [1.29, 1.82) is 0 Å². The summed E-state index contributed by atoms with van der Waals surface area (Å²) in [6.07, 6.45) is 0. The van der Waals surface area contributed by atoms with E-state index in [1.165, 1.54) is 11.8 Å². The average Bonchev–Trinajstić information content (AvgIpc) is 2.70. The summed E-state index contributed by atoms with van der Waals surface area (Å²) < 4.78 is 0. The molecule has 2 N–H and O–H groups in total. The molecule has 0 spiro atoms. The van der Waals surface area contributed by atoms with Gasteiger partial charge in [0.2, 0.25) is 5.91 Å². The molecule has 4 nitrogen and oxygen atoms in total. The van der Waals surface area contributed by atoms with E-state index >= 15 is 0 Å². The molecule has 6 heteroatoms. The summed E-state index contributed by atoms with van der Waals surface area (Å²) in [4.78, 5) is 25.4. The molecule has 0 radical (unpaired) electrons. The van der Waals surface area contributed by atoms with Crippen molar-refractivity contribution in [2.45, 2.75) is 18.7 Å². The third kappa shape index (κ3) is 6.11. The third-order valence-electron chi connectivity index (χ3n) is 4.27. The molecule has 0 fully saturated rings. The molecular formula is C23H21ClN2O2S. The fourth-order valence-electron chi connectivity index (χ4n) is 2.61. The highest BCUT2D eigenvalue weighted by Gasteiger charge is 2.08. The number of aryl methyl sites for hydroxylation is 2. The number of thioether (sulfide) groups is 1. The summed E-state index contributed by atoms with van der Waals surface area (Å²) in [6.45, 7) is 3.90. The van der Waals surface area contributed by atoms with Crippen LogP contribution in [-0.2, 0) is 4.79 Å². The van der Waals surface area contributed by atoms with Crippen LogP contribution in [0.15, 0.2) is 71.6 Å². The maximum absolute atomic E-state index is 12.3. The molecule has 0 bridgehead atoms. The smallest absolute Gasteiger partial charge is 0.255 e. The number of carbonyl (C=O) groups is 2. The predicted molar refractivity (Wildman–Crippen MR) is 121 cm³/mol. The Morgan fingerprint density at radius 1 is 0.897 bits per heavy atom. The molecule has 29 heavy (non-hydrogen) atoms. The first kappa shape index (κ1) is 21.0. The standard InChI is InChI=1S/C23H21ClN2O2S/c1-15-3-6-17(7-4-15)23(28)25-19-9-11-20(12-10-19)29-14-22(27)26-21-13-18(24)8-5-16(21)2/h3-13H,14H2,1-2H3,(H,25,28)(H,26,27). The topological polar surface area (TPSA) is 58.2 Å². The van der Waals surface area contributed by atoms with Crippen LogP contribution in [0.5, 0.6) is 0 Å². The van der Waals surface area contributed by atoms with Crippen LogP contribution in [-0.4, -0.2) is 17.6 Å². The lowest BCUT2D eigenvalue weighted by atomic mass is 10.1. The van der Waals surface area contributed by atoms with Crippen molar-refractivity contribution >= 4 is 46.6 Å². The SMILES string of the molecule is Cc1ccc(C(=O)Nc2ccc(SCC(=O)Nc3cc(Cl)ccc3C)cc2)cc1. The first-order valence-electron chi connectivity index (χ1n) is 9.07. The van der Waals surface area contributed by atoms with E-state index in [0.717, 1.165) is 21.7 Å². The Balaban J connectivity index is 1.52. The van der Waals surface area contributed by atoms with Crippen LogP contribution >= 0.6 is 23.4 Å². The van der Waals surface area contributed by atoms with Crippen molar-refractivity contribution in [3.63, 3.8) is 0 Å². The van der Waals surface area contributed by atoms with Gasteiger partial charge in [-0.05, 0) is 67.9 Å². The lowest BCUT2D eigenvalue weighted by Gasteiger charge is -2.09. The highest BCUT2D eigenvalue weighted by molar-refractivity contribution is 8.00. The van der Waals surface area contributed by atoms with Gasteiger partial charge in [-0.1, -0.05) is 35.4 Å². The molecule has 0 aromatic heterocycles. The number of benzene rings is 3. The van der Waals surface area contributed by atoms with E-state index in [2.05, 4.69) is 10.6 Å². The summed E-state index contributed by atoms with van der Waals surface area (Å²) in [5.41, 5.74) is 4.11. The minimum atomic E-state index is -0.151. The Morgan fingerprint density at radius 2 is 1.59 bits per heavy atom. The highest BCUT2D eigenvalue weighted by atomic mass is 35.5. The van der Waals surface area contributed by atoms with E-state index in [0.29, 0.717) is 16.3 Å². The van der Waals surface area contributed by atoms with E-state index < -0.39 is 0 Å². The van der Waals surface area contributed by atoms with Gasteiger partial charge in [-0.15, -0.1) is 11.8 Å². The van der Waals surface area contributed by atoms with Gasteiger partial charge in [0.15, 0.2) is 0 Å². The van der Waals surface area contributed by atoms with Crippen molar-refractivity contribution in [2.24, 2.45) is 0 Å². The maximum Gasteiger partial charge on any atom is 0.255 e. The molecule has 0 atom stereocenters. The van der Waals surface area contributed by atoms with Crippen LogP contribution in [0.3, 0.4) is 0 Å². The lowest BCUT2D eigenvalue weighted by Crippen LogP contribution is -2.14. The fraction of sp³-hybridized carbons (Fsp3) is 0.130. The number of amides is 2. The summed E-state index contributed by atoms with van der Waals surface area (Å²) in [5, 5.41) is 6.34. The summed E-state index contributed by atoms with van der Waals surface area (Å²) in [6, 6.07) is 20.2. The van der Waals surface area contributed by atoms with Gasteiger partial charge >= 0.3 is 0 Å². The number of hydrogen-bond acceptors (Lipinski definition) is 3. The summed E-state index contributed by atoms with van der Waals surface area (Å²) in [5.74, 6) is 0.0277. The van der Waals surface area contributed by atoms with Gasteiger partial charge in [0.1, 0.15) is 0 Å². The van der Waals surface area contributed by atoms with Crippen LogP contribution in [0, 0.1) is 13.8 Å². The maximum atomic E-state index is 12.3. The van der Waals surface area contributed by atoms with Crippen LogP contribution in [0.4, 0.5) is 11.4 Å². The first-order valence-corrected chi connectivity index (χ1v) is 10.4. The second kappa shape index (κ2) is 9.63. The van der Waals surface area contributed by atoms with E-state index in [9.17, 15) is 9.59 Å². The Bertz CT molecular complexity index is 1020. The van der Waals surface area contributed by atoms with Gasteiger partial charge in [0.25, 0.3) is 5.91 Å². The van der Waals surface area contributed by atoms with Crippen LogP contribution in [0.25, 0.3) is 0 Å². The monoisotopic (exact) mass is 424 g/mol. The Kier molecular flexibility index (Phi) is 6.96. The molecule has 2 amide bonds. The summed E-state index contributed by atoms with van der Waals surface area (Å²) in [7, 11) is 0. The van der Waals surface area contributed by atoms with Gasteiger partial charge in [-0.3, -0.25) is 9.59 Å². The zero-order chi connectivity index (χ0) is 20.8. The van der Waals surface area contributed by atoms with Gasteiger partial charge < -0.3 is 10.6 Å². The molecule has 0 heterocycles. The Hall–Kier alpha value is -2.76. The van der Waals surface area contributed by atoms with Gasteiger partial charge in [-0.2, -0.15) is 0 Å². The number of rotatable bonds is 6. The zero-order valence-corrected chi connectivity index (χ0v) is 17.7. The van der Waals surface area contributed by atoms with Crippen LogP contribution in [0.2, 0.25) is 5.02 Å². The minimum Gasteiger partial charge on any atom is -0.325 e. The van der Waals surface area contributed by atoms with Gasteiger partial charge in [0, 0.05) is 26.9 Å². The van der Waals surface area contributed by atoms with Crippen molar-refractivity contribution in [1.82, 2.24) is 0 Å². The van der Waals surface area contributed by atoms with E-state index in [1.54, 1.807) is 24.3 Å². The lowest BCUT2D eigenvalue weighted by molar-refractivity contribution is -0.113. The normalized spacial score (nSPS) is 10.4. The number of halogens is 1. The molecule has 0 aliphatic rings. The molecule has 3 rings (SSSR count). The molecule has 148 valence electrons. The Morgan fingerprint density at radius 3 is 2.28 bits per heavy atom. The van der Waals surface area contributed by atoms with E-state index in [-0.39, 0.29) is 17.6 Å². The zero-order valence-electron chi connectivity index (χ0n) is 16.2. The molecule has 0 saturated heterocycles. The van der Waals surface area contributed by atoms with Crippen molar-refractivity contribution in [2.75, 3.05) is 16.4 Å². The van der Waals surface area contributed by atoms with E-state index in [1.807, 2.05) is 56.3 Å². The van der Waals surface area contributed by atoms with Crippen LogP contribution < -0.4 is 10.6 Å². The van der Waals surface area contributed by atoms with Crippen molar-refractivity contribution < 1.29 is 9.59 Å². The number of carbonyl (C=O) groups excluding carboxylic acids is 2. The number of nitrogens with one attached hydrogen (secondary N) is 2. The molecule has 0 saturated carbocycles. The molecular weight excluding hydrogens is 404 g/mol. The predicted octanol–water partition coefficient (Wildman–Crippen LogP) is 5.94. The van der Waals surface area contributed by atoms with Gasteiger partial charge in [-0.25, -0.2) is 0 Å². The first-order chi connectivity index (χ1) is 13.9.